The van der Waals surface area contributed by atoms with E-state index in [1.54, 1.807) is 4.90 Å². The number of hydrogen-bond donors (Lipinski definition) is 2. The molecule has 3 aliphatic rings. The van der Waals surface area contributed by atoms with Crippen LogP contribution in [0.5, 0.6) is 0 Å². The highest BCUT2D eigenvalue weighted by molar-refractivity contribution is 6.12. The summed E-state index contributed by atoms with van der Waals surface area (Å²) in [4.78, 5) is 38.5. The van der Waals surface area contributed by atoms with Gasteiger partial charge in [0.2, 0.25) is 5.91 Å². The van der Waals surface area contributed by atoms with Crippen LogP contribution >= 0.6 is 0 Å². The van der Waals surface area contributed by atoms with Gasteiger partial charge in [0.25, 0.3) is 5.91 Å². The summed E-state index contributed by atoms with van der Waals surface area (Å²) in [5.41, 5.74) is 5.86. The van der Waals surface area contributed by atoms with Gasteiger partial charge in [0.05, 0.1) is 52.5 Å². The summed E-state index contributed by atoms with van der Waals surface area (Å²) >= 11 is 0. The van der Waals surface area contributed by atoms with Crippen LogP contribution in [0.2, 0.25) is 0 Å². The lowest BCUT2D eigenvalue weighted by Gasteiger charge is -2.43. The van der Waals surface area contributed by atoms with Crippen LogP contribution in [0.1, 0.15) is 28.7 Å². The maximum absolute atomic E-state index is 15.1. The van der Waals surface area contributed by atoms with E-state index in [9.17, 15) is 14.0 Å². The van der Waals surface area contributed by atoms with Crippen molar-refractivity contribution >= 4 is 34.7 Å². The SMILES string of the molecule is [2H]C1([2H])CN(C2COC2)C([2H])([2H])CN1C(=O)C1CCN(c2c(F)cncc2NC(=O)c2c(N)nn3cc(F)cnc23)CC1. The number of piperazine rings is 1. The summed E-state index contributed by atoms with van der Waals surface area (Å²) in [7, 11) is 0. The van der Waals surface area contributed by atoms with Crippen LogP contribution in [0.15, 0.2) is 24.8 Å². The molecule has 0 saturated carbocycles. The van der Waals surface area contributed by atoms with Crippen molar-refractivity contribution in [1.82, 2.24) is 29.4 Å². The minimum Gasteiger partial charge on any atom is -0.381 e. The van der Waals surface area contributed by atoms with Crippen molar-refractivity contribution in [3.8, 4) is 0 Å². The van der Waals surface area contributed by atoms with Crippen LogP contribution < -0.4 is 16.0 Å². The number of fused-ring (bicyclic) bond motifs is 1. The van der Waals surface area contributed by atoms with Crippen LogP contribution in [-0.4, -0.2) is 99.6 Å². The number of carbonyl (C=O) groups is 2. The topological polar surface area (TPSA) is 134 Å². The van der Waals surface area contributed by atoms with Crippen molar-refractivity contribution in [2.24, 2.45) is 5.92 Å². The first-order valence-corrected chi connectivity index (χ1v) is 12.5. The Morgan fingerprint density at radius 1 is 1.10 bits per heavy atom. The molecule has 14 heteroatoms. The van der Waals surface area contributed by atoms with Crippen molar-refractivity contribution in [2.45, 2.75) is 18.9 Å². The van der Waals surface area contributed by atoms with Crippen molar-refractivity contribution < 1.29 is 28.6 Å². The smallest absolute Gasteiger partial charge is 0.263 e. The molecule has 0 spiro atoms. The van der Waals surface area contributed by atoms with E-state index in [1.165, 1.54) is 11.1 Å². The number of carbonyl (C=O) groups excluding carboxylic acids is 2. The Hall–Kier alpha value is -3.91. The average molecular weight is 546 g/mol. The molecule has 0 bridgehead atoms. The normalized spacial score (nSPS) is 23.4. The molecule has 206 valence electrons. The molecule has 2 amide bonds. The number of aromatic nitrogens is 4. The number of pyridine rings is 1. The van der Waals surface area contributed by atoms with Gasteiger partial charge in [-0.15, -0.1) is 5.10 Å². The highest BCUT2D eigenvalue weighted by Gasteiger charge is 2.34. The molecule has 0 aromatic carbocycles. The van der Waals surface area contributed by atoms with Crippen LogP contribution in [-0.2, 0) is 9.53 Å². The summed E-state index contributed by atoms with van der Waals surface area (Å²) in [5.74, 6) is -3.44. The highest BCUT2D eigenvalue weighted by atomic mass is 19.1. The zero-order chi connectivity index (χ0) is 30.7. The summed E-state index contributed by atoms with van der Waals surface area (Å²) in [6, 6.07) is -0.237. The Labute approximate surface area is 228 Å². The van der Waals surface area contributed by atoms with Gasteiger partial charge in [0.1, 0.15) is 11.3 Å². The summed E-state index contributed by atoms with van der Waals surface area (Å²) in [5, 5.41) is 6.50. The second-order valence-corrected chi connectivity index (χ2v) is 9.59. The molecule has 6 heterocycles. The highest BCUT2D eigenvalue weighted by Crippen LogP contribution is 2.33. The first kappa shape index (κ1) is 21.0. The fraction of sp³-hybridized carbons (Fsp3) is 0.480. The van der Waals surface area contributed by atoms with Gasteiger partial charge in [-0.1, -0.05) is 0 Å². The number of amides is 2. The quantitative estimate of drug-likeness (QED) is 0.482. The fourth-order valence-electron chi connectivity index (χ4n) is 5.00. The first-order valence-electron chi connectivity index (χ1n) is 14.5. The van der Waals surface area contributed by atoms with Gasteiger partial charge >= 0.3 is 0 Å². The molecule has 0 atom stereocenters. The zero-order valence-electron chi connectivity index (χ0n) is 24.8. The molecule has 12 nitrogen and oxygen atoms in total. The number of nitrogens with one attached hydrogen (secondary N) is 1. The number of nitrogens with zero attached hydrogens (tertiary/aromatic N) is 7. The molecule has 3 fully saturated rings. The Morgan fingerprint density at radius 2 is 1.90 bits per heavy atom. The van der Waals surface area contributed by atoms with E-state index in [1.807, 2.05) is 0 Å². The molecule has 6 rings (SSSR count). The number of nitrogens with two attached hydrogens (primary N) is 1. The van der Waals surface area contributed by atoms with Gasteiger partial charge in [-0.05, 0) is 12.8 Å². The van der Waals surface area contributed by atoms with Gasteiger partial charge in [0, 0.05) is 47.8 Å². The summed E-state index contributed by atoms with van der Waals surface area (Å²) in [6.45, 7) is -3.64. The Kier molecular flexibility index (Phi) is 5.56. The molecule has 3 aromatic rings. The molecule has 3 saturated heterocycles. The van der Waals surface area contributed by atoms with Crippen LogP contribution in [0.25, 0.3) is 5.65 Å². The molecule has 0 unspecified atom stereocenters. The third-order valence-electron chi connectivity index (χ3n) is 7.17. The van der Waals surface area contributed by atoms with E-state index in [4.69, 9.17) is 16.0 Å². The monoisotopic (exact) mass is 545 g/mol. The van der Waals surface area contributed by atoms with Crippen molar-refractivity contribution in [2.75, 3.05) is 68.3 Å². The number of anilines is 3. The minimum atomic E-state index is -2.08. The van der Waals surface area contributed by atoms with Gasteiger partial charge in [-0.25, -0.2) is 18.3 Å². The Morgan fingerprint density at radius 3 is 2.64 bits per heavy atom. The molecule has 3 aliphatic heterocycles. The Balaban J connectivity index is 1.16. The van der Waals surface area contributed by atoms with Crippen LogP contribution in [0.4, 0.5) is 26.0 Å². The van der Waals surface area contributed by atoms with Gasteiger partial charge < -0.3 is 25.6 Å². The number of halogens is 2. The summed E-state index contributed by atoms with van der Waals surface area (Å²) < 4.78 is 68.9. The third-order valence-corrected chi connectivity index (χ3v) is 7.17. The molecule has 3 N–H and O–H groups in total. The van der Waals surface area contributed by atoms with Crippen LogP contribution in [0.3, 0.4) is 0 Å². The molecule has 3 aromatic heterocycles. The lowest BCUT2D eigenvalue weighted by Crippen LogP contribution is -2.58. The number of rotatable bonds is 5. The predicted octanol–water partition coefficient (Wildman–Crippen LogP) is 0.996. The fourth-order valence-corrected chi connectivity index (χ4v) is 5.00. The minimum absolute atomic E-state index is 0.00716. The maximum atomic E-state index is 15.1. The third kappa shape index (κ3) is 4.85. The molecule has 39 heavy (non-hydrogen) atoms. The molecular formula is C25H29F2N9O3. The van der Waals surface area contributed by atoms with Gasteiger partial charge in [-0.3, -0.25) is 19.5 Å². The lowest BCUT2D eigenvalue weighted by molar-refractivity contribution is -0.140. The largest absolute Gasteiger partial charge is 0.381 e. The van der Waals surface area contributed by atoms with Crippen molar-refractivity contribution in [3.05, 3.63) is 42.0 Å². The van der Waals surface area contributed by atoms with E-state index in [0.29, 0.717) is 13.2 Å². The average Bonchev–Trinajstić information content (AvgIpc) is 3.24. The zero-order valence-corrected chi connectivity index (χ0v) is 20.8. The molecule has 0 aliphatic carbocycles. The predicted molar refractivity (Wildman–Crippen MR) is 137 cm³/mol. The van der Waals surface area contributed by atoms with E-state index in [0.717, 1.165) is 28.0 Å². The second kappa shape index (κ2) is 10.3. The van der Waals surface area contributed by atoms with Crippen molar-refractivity contribution in [1.29, 1.82) is 0 Å². The van der Waals surface area contributed by atoms with Crippen LogP contribution in [0, 0.1) is 17.6 Å². The number of nitrogen functional groups attached to an aromatic ring is 1. The van der Waals surface area contributed by atoms with E-state index in [-0.39, 0.29) is 66.9 Å². The maximum Gasteiger partial charge on any atom is 0.263 e. The van der Waals surface area contributed by atoms with Crippen molar-refractivity contribution in [3.63, 3.8) is 0 Å². The van der Waals surface area contributed by atoms with E-state index >= 15 is 4.39 Å². The first-order chi connectivity index (χ1) is 20.4. The number of piperidine rings is 1. The Bertz CT molecular complexity index is 1580. The second-order valence-electron chi connectivity index (χ2n) is 9.59. The molecular weight excluding hydrogens is 512 g/mol. The van der Waals surface area contributed by atoms with Gasteiger partial charge in [-0.2, -0.15) is 0 Å². The standard InChI is InChI=1S/C25H29F2N9O3/c26-16-9-30-23-20(22(28)32-36(23)12-16)24(37)31-19-11-29-10-18(27)21(19)34-3-1-15(2-4-34)25(38)35-7-5-33(6-8-35)17-13-39-14-17/h9-12,15,17H,1-8,13-14H2,(H2,28,32)(H,31,37)/i5D2,8D2. The lowest BCUT2D eigenvalue weighted by atomic mass is 9.94. The number of ether oxygens (including phenoxy) is 1. The van der Waals surface area contributed by atoms with Gasteiger partial charge in [0.15, 0.2) is 23.1 Å². The van der Waals surface area contributed by atoms with E-state index in [2.05, 4.69) is 20.4 Å². The summed E-state index contributed by atoms with van der Waals surface area (Å²) in [6.07, 6.45) is 4.70. The number of hydrogen-bond acceptors (Lipinski definition) is 9. The van der Waals surface area contributed by atoms with E-state index < -0.39 is 48.9 Å². The molecule has 0 radical (unpaired) electrons.